The van der Waals surface area contributed by atoms with E-state index in [1.165, 1.54) is 0 Å². The fourth-order valence-corrected chi connectivity index (χ4v) is 4.28. The lowest BCUT2D eigenvalue weighted by atomic mass is 10.0. The van der Waals surface area contributed by atoms with Crippen LogP contribution in [0.3, 0.4) is 0 Å². The van der Waals surface area contributed by atoms with Gasteiger partial charge in [0.15, 0.2) is 0 Å². The number of imide groups is 2. The molecule has 3 unspecified atom stereocenters. The molecule has 3 atom stereocenters. The Balaban J connectivity index is 1.56. The first kappa shape index (κ1) is 17.7. The van der Waals surface area contributed by atoms with Crippen LogP contribution in [0, 0.1) is 5.92 Å². The summed E-state index contributed by atoms with van der Waals surface area (Å²) < 4.78 is 0. The van der Waals surface area contributed by atoms with Crippen molar-refractivity contribution in [2.24, 2.45) is 11.7 Å². The van der Waals surface area contributed by atoms with Gasteiger partial charge >= 0.3 is 0 Å². The minimum absolute atomic E-state index is 0.110. The molecule has 4 amide bonds. The highest BCUT2D eigenvalue weighted by Gasteiger charge is 2.44. The molecular formula is C19H22N4O4. The number of piperidine rings is 1. The van der Waals surface area contributed by atoms with E-state index >= 15 is 0 Å². The van der Waals surface area contributed by atoms with Gasteiger partial charge in [0.2, 0.25) is 11.8 Å². The van der Waals surface area contributed by atoms with Crippen molar-refractivity contribution in [1.29, 1.82) is 0 Å². The Morgan fingerprint density at radius 3 is 2.59 bits per heavy atom. The van der Waals surface area contributed by atoms with Gasteiger partial charge in [-0.1, -0.05) is 6.42 Å². The fourth-order valence-electron chi connectivity index (χ4n) is 4.28. The lowest BCUT2D eigenvalue weighted by Gasteiger charge is -2.27. The van der Waals surface area contributed by atoms with E-state index in [0.29, 0.717) is 12.5 Å². The SMILES string of the molecule is NCC1CCCC1Nc1ccc2c(c1)C(=O)N(C1CCC(=O)NC1=O)C2=O. The average molecular weight is 370 g/mol. The van der Waals surface area contributed by atoms with Crippen molar-refractivity contribution in [2.45, 2.75) is 44.2 Å². The highest BCUT2D eigenvalue weighted by atomic mass is 16.2. The second-order valence-electron chi connectivity index (χ2n) is 7.39. The maximum absolute atomic E-state index is 12.8. The van der Waals surface area contributed by atoms with E-state index < -0.39 is 23.8 Å². The number of rotatable bonds is 4. The van der Waals surface area contributed by atoms with Crippen molar-refractivity contribution in [3.63, 3.8) is 0 Å². The van der Waals surface area contributed by atoms with Gasteiger partial charge in [-0.25, -0.2) is 0 Å². The summed E-state index contributed by atoms with van der Waals surface area (Å²) in [5.74, 6) is -1.57. The monoisotopic (exact) mass is 370 g/mol. The number of nitrogens with two attached hydrogens (primary N) is 1. The molecule has 2 fully saturated rings. The van der Waals surface area contributed by atoms with Crippen molar-refractivity contribution in [3.8, 4) is 0 Å². The third kappa shape index (κ3) is 2.99. The van der Waals surface area contributed by atoms with Gasteiger partial charge in [0.1, 0.15) is 6.04 Å². The highest BCUT2D eigenvalue weighted by Crippen LogP contribution is 2.32. The van der Waals surface area contributed by atoms with Crippen LogP contribution < -0.4 is 16.4 Å². The zero-order chi connectivity index (χ0) is 19.1. The van der Waals surface area contributed by atoms with E-state index in [2.05, 4.69) is 10.6 Å². The molecule has 142 valence electrons. The summed E-state index contributed by atoms with van der Waals surface area (Å²) in [6.07, 6.45) is 3.49. The number of hydrogen-bond acceptors (Lipinski definition) is 6. The van der Waals surface area contributed by atoms with E-state index in [1.54, 1.807) is 18.2 Å². The largest absolute Gasteiger partial charge is 0.382 e. The molecule has 4 N–H and O–H groups in total. The second kappa shape index (κ2) is 6.77. The Morgan fingerprint density at radius 1 is 1.07 bits per heavy atom. The standard InChI is InChI=1S/C19H22N4O4/c20-9-10-2-1-3-14(10)21-11-4-5-12-13(8-11)19(27)23(18(12)26)15-6-7-16(24)22-17(15)25/h4-5,8,10,14-15,21H,1-3,6-7,9,20H2,(H,22,24,25). The minimum Gasteiger partial charge on any atom is -0.382 e. The maximum atomic E-state index is 12.8. The van der Waals surface area contributed by atoms with Crippen molar-refractivity contribution in [3.05, 3.63) is 29.3 Å². The van der Waals surface area contributed by atoms with E-state index in [9.17, 15) is 19.2 Å². The van der Waals surface area contributed by atoms with E-state index in [0.717, 1.165) is 29.8 Å². The summed E-state index contributed by atoms with van der Waals surface area (Å²) in [6, 6.07) is 4.39. The van der Waals surface area contributed by atoms with Gasteiger partial charge in [-0.3, -0.25) is 29.4 Å². The maximum Gasteiger partial charge on any atom is 0.262 e. The summed E-state index contributed by atoms with van der Waals surface area (Å²) in [6.45, 7) is 0.614. The lowest BCUT2D eigenvalue weighted by molar-refractivity contribution is -0.136. The van der Waals surface area contributed by atoms with Gasteiger partial charge in [0.05, 0.1) is 11.1 Å². The Hall–Kier alpha value is -2.74. The quantitative estimate of drug-likeness (QED) is 0.668. The number of carbonyl (C=O) groups excluding carboxylic acids is 4. The van der Waals surface area contributed by atoms with Crippen LogP contribution in [0.25, 0.3) is 0 Å². The van der Waals surface area contributed by atoms with Crippen LogP contribution >= 0.6 is 0 Å². The summed E-state index contributed by atoms with van der Waals surface area (Å²) in [5, 5.41) is 5.63. The van der Waals surface area contributed by atoms with Crippen LogP contribution in [0.1, 0.15) is 52.8 Å². The number of nitrogens with one attached hydrogen (secondary N) is 2. The van der Waals surface area contributed by atoms with Crippen LogP contribution in [-0.4, -0.2) is 47.2 Å². The Bertz CT molecular complexity index is 837. The van der Waals surface area contributed by atoms with Crippen LogP contribution in [0.15, 0.2) is 18.2 Å². The molecule has 1 aromatic rings. The highest BCUT2D eigenvalue weighted by molar-refractivity contribution is 6.23. The first-order valence-electron chi connectivity index (χ1n) is 9.32. The minimum atomic E-state index is -0.942. The van der Waals surface area contributed by atoms with Crippen molar-refractivity contribution in [1.82, 2.24) is 10.2 Å². The predicted molar refractivity (Wildman–Crippen MR) is 96.9 cm³/mol. The van der Waals surface area contributed by atoms with Crippen molar-refractivity contribution < 1.29 is 19.2 Å². The molecule has 0 radical (unpaired) electrons. The lowest BCUT2D eigenvalue weighted by Crippen LogP contribution is -2.54. The molecule has 1 saturated carbocycles. The van der Waals surface area contributed by atoms with Crippen LogP contribution in [0.2, 0.25) is 0 Å². The van der Waals surface area contributed by atoms with E-state index in [4.69, 9.17) is 5.73 Å². The Labute approximate surface area is 156 Å². The number of nitrogens with zero attached hydrogens (tertiary/aromatic N) is 1. The third-order valence-corrected chi connectivity index (χ3v) is 5.75. The number of carbonyl (C=O) groups is 4. The third-order valence-electron chi connectivity index (χ3n) is 5.75. The summed E-state index contributed by atoms with van der Waals surface area (Å²) in [5.41, 5.74) is 7.17. The molecule has 1 saturated heterocycles. The first-order chi connectivity index (χ1) is 13.0. The van der Waals surface area contributed by atoms with Crippen LogP contribution in [0.4, 0.5) is 5.69 Å². The smallest absolute Gasteiger partial charge is 0.262 e. The van der Waals surface area contributed by atoms with Gasteiger partial charge in [-0.05, 0) is 49.9 Å². The molecule has 8 nitrogen and oxygen atoms in total. The molecule has 1 aromatic carbocycles. The molecule has 0 aromatic heterocycles. The molecule has 4 rings (SSSR count). The van der Waals surface area contributed by atoms with Gasteiger partial charge in [0.25, 0.3) is 11.8 Å². The first-order valence-corrected chi connectivity index (χ1v) is 9.32. The molecular weight excluding hydrogens is 348 g/mol. The normalized spacial score (nSPS) is 27.7. The number of amides is 4. The molecule has 3 aliphatic rings. The average Bonchev–Trinajstić information content (AvgIpc) is 3.19. The molecule has 2 heterocycles. The van der Waals surface area contributed by atoms with Crippen LogP contribution in [0.5, 0.6) is 0 Å². The van der Waals surface area contributed by atoms with E-state index in [-0.39, 0.29) is 35.9 Å². The number of anilines is 1. The molecule has 27 heavy (non-hydrogen) atoms. The summed E-state index contributed by atoms with van der Waals surface area (Å²) >= 11 is 0. The molecule has 2 aliphatic heterocycles. The molecule has 1 aliphatic carbocycles. The summed E-state index contributed by atoms with van der Waals surface area (Å²) in [4.78, 5) is 49.9. The predicted octanol–water partition coefficient (Wildman–Crippen LogP) is 0.627. The van der Waals surface area contributed by atoms with Gasteiger partial charge in [0, 0.05) is 18.2 Å². The Kier molecular flexibility index (Phi) is 4.43. The van der Waals surface area contributed by atoms with Crippen molar-refractivity contribution in [2.75, 3.05) is 11.9 Å². The van der Waals surface area contributed by atoms with Gasteiger partial charge in [-0.2, -0.15) is 0 Å². The fraction of sp³-hybridized carbons (Fsp3) is 0.474. The van der Waals surface area contributed by atoms with Crippen LogP contribution in [-0.2, 0) is 9.59 Å². The van der Waals surface area contributed by atoms with Crippen molar-refractivity contribution >= 4 is 29.3 Å². The molecule has 0 spiro atoms. The molecule has 8 heteroatoms. The zero-order valence-corrected chi connectivity index (χ0v) is 14.9. The Morgan fingerprint density at radius 2 is 1.85 bits per heavy atom. The zero-order valence-electron chi connectivity index (χ0n) is 14.9. The van der Waals surface area contributed by atoms with E-state index in [1.807, 2.05) is 0 Å². The molecule has 0 bridgehead atoms. The van der Waals surface area contributed by atoms with Gasteiger partial charge in [-0.15, -0.1) is 0 Å². The second-order valence-corrected chi connectivity index (χ2v) is 7.39. The van der Waals surface area contributed by atoms with Gasteiger partial charge < -0.3 is 11.1 Å². The summed E-state index contributed by atoms with van der Waals surface area (Å²) in [7, 11) is 0. The number of benzene rings is 1. The number of fused-ring (bicyclic) bond motifs is 1. The topological polar surface area (TPSA) is 122 Å². The number of hydrogen-bond donors (Lipinski definition) is 3.